The molecule has 0 aliphatic rings. The van der Waals surface area contributed by atoms with Crippen LogP contribution >= 0.6 is 0 Å². The number of hydrazone groups is 1. The summed E-state index contributed by atoms with van der Waals surface area (Å²) in [5.74, 6) is 1.29. The lowest BCUT2D eigenvalue weighted by Crippen LogP contribution is -2.19. The second-order valence-corrected chi connectivity index (χ2v) is 6.50. The standard InChI is InChI=1S/C24H22N2O6/c1-29-21-11-7-18(14-22(21)30-2)15-23(27)26-25-16-17-5-8-20(9-6-17)32-24(28)12-10-19-4-3-13-31-19/h3-14,16H,15H2,1-2H3,(H,26,27)/b12-10+,25-16+. The molecule has 8 heteroatoms. The number of esters is 1. The lowest BCUT2D eigenvalue weighted by molar-refractivity contribution is -0.129. The van der Waals surface area contributed by atoms with E-state index in [2.05, 4.69) is 10.5 Å². The first-order chi connectivity index (χ1) is 15.6. The smallest absolute Gasteiger partial charge is 0.336 e. The number of amides is 1. The molecule has 0 saturated heterocycles. The number of rotatable bonds is 9. The van der Waals surface area contributed by atoms with Crippen molar-refractivity contribution in [3.63, 3.8) is 0 Å². The van der Waals surface area contributed by atoms with Crippen LogP contribution in [0.3, 0.4) is 0 Å². The molecule has 164 valence electrons. The van der Waals surface area contributed by atoms with Gasteiger partial charge in [0.25, 0.3) is 0 Å². The van der Waals surface area contributed by atoms with Crippen molar-refractivity contribution in [1.82, 2.24) is 5.43 Å². The topological polar surface area (TPSA) is 99.4 Å². The van der Waals surface area contributed by atoms with Gasteiger partial charge in [-0.05, 0) is 65.7 Å². The molecule has 2 aromatic carbocycles. The van der Waals surface area contributed by atoms with Crippen LogP contribution in [0.25, 0.3) is 6.08 Å². The molecular weight excluding hydrogens is 412 g/mol. The highest BCUT2D eigenvalue weighted by Gasteiger charge is 2.08. The Balaban J connectivity index is 1.48. The van der Waals surface area contributed by atoms with Gasteiger partial charge in [0.2, 0.25) is 5.91 Å². The molecule has 0 saturated carbocycles. The van der Waals surface area contributed by atoms with E-state index in [0.29, 0.717) is 23.0 Å². The van der Waals surface area contributed by atoms with Crippen molar-refractivity contribution < 1.29 is 28.2 Å². The Labute approximate surface area is 185 Å². The fourth-order valence-corrected chi connectivity index (χ4v) is 2.70. The molecule has 1 heterocycles. The third kappa shape index (κ3) is 6.60. The van der Waals surface area contributed by atoms with Gasteiger partial charge in [-0.15, -0.1) is 0 Å². The largest absolute Gasteiger partial charge is 0.493 e. The predicted molar refractivity (Wildman–Crippen MR) is 119 cm³/mol. The minimum absolute atomic E-state index is 0.137. The molecule has 0 aliphatic heterocycles. The second-order valence-electron chi connectivity index (χ2n) is 6.50. The molecule has 3 rings (SSSR count). The summed E-state index contributed by atoms with van der Waals surface area (Å²) >= 11 is 0. The van der Waals surface area contributed by atoms with Gasteiger partial charge in [-0.1, -0.05) is 6.07 Å². The molecule has 8 nitrogen and oxygen atoms in total. The van der Waals surface area contributed by atoms with Crippen molar-refractivity contribution in [2.45, 2.75) is 6.42 Å². The number of benzene rings is 2. The number of carbonyl (C=O) groups excluding carboxylic acids is 2. The highest BCUT2D eigenvalue weighted by Crippen LogP contribution is 2.27. The number of hydrogen-bond donors (Lipinski definition) is 1. The fraction of sp³-hybridized carbons (Fsp3) is 0.125. The maximum absolute atomic E-state index is 12.1. The summed E-state index contributed by atoms with van der Waals surface area (Å²) in [5.41, 5.74) is 3.97. The van der Waals surface area contributed by atoms with Gasteiger partial charge < -0.3 is 18.6 Å². The number of nitrogens with zero attached hydrogens (tertiary/aromatic N) is 1. The SMILES string of the molecule is COc1ccc(CC(=O)N/N=C/c2ccc(OC(=O)/C=C/c3ccco3)cc2)cc1OC. The van der Waals surface area contributed by atoms with Crippen LogP contribution in [0.15, 0.2) is 76.5 Å². The maximum Gasteiger partial charge on any atom is 0.336 e. The van der Waals surface area contributed by atoms with Crippen molar-refractivity contribution in [2.75, 3.05) is 14.2 Å². The minimum atomic E-state index is -0.523. The number of carbonyl (C=O) groups is 2. The van der Waals surface area contributed by atoms with Crippen LogP contribution in [0.2, 0.25) is 0 Å². The summed E-state index contributed by atoms with van der Waals surface area (Å²) in [4.78, 5) is 23.9. The Bertz CT molecular complexity index is 1100. The predicted octanol–water partition coefficient (Wildman–Crippen LogP) is 3.61. The number of furan rings is 1. The Kier molecular flexibility index (Phi) is 7.80. The third-order valence-electron chi connectivity index (χ3n) is 4.24. The molecular formula is C24H22N2O6. The van der Waals surface area contributed by atoms with Gasteiger partial charge in [-0.25, -0.2) is 10.2 Å². The number of hydrogen-bond acceptors (Lipinski definition) is 7. The van der Waals surface area contributed by atoms with E-state index in [1.165, 1.54) is 31.7 Å². The zero-order valence-corrected chi connectivity index (χ0v) is 17.6. The monoisotopic (exact) mass is 434 g/mol. The average Bonchev–Trinajstić information content (AvgIpc) is 3.32. The summed E-state index contributed by atoms with van der Waals surface area (Å²) in [5, 5.41) is 3.95. The van der Waals surface area contributed by atoms with Crippen molar-refractivity contribution >= 4 is 24.2 Å². The lowest BCUT2D eigenvalue weighted by Gasteiger charge is -2.09. The van der Waals surface area contributed by atoms with Crippen LogP contribution < -0.4 is 19.6 Å². The summed E-state index contributed by atoms with van der Waals surface area (Å²) in [6.07, 6.45) is 5.95. The van der Waals surface area contributed by atoms with E-state index in [9.17, 15) is 9.59 Å². The normalized spacial score (nSPS) is 10.9. The van der Waals surface area contributed by atoms with Gasteiger partial charge in [0, 0.05) is 6.08 Å². The van der Waals surface area contributed by atoms with Crippen molar-refractivity contribution in [3.8, 4) is 17.2 Å². The van der Waals surface area contributed by atoms with Crippen LogP contribution in [0, 0.1) is 0 Å². The maximum atomic E-state index is 12.1. The van der Waals surface area contributed by atoms with Crippen molar-refractivity contribution in [2.24, 2.45) is 5.10 Å². The zero-order chi connectivity index (χ0) is 22.8. The lowest BCUT2D eigenvalue weighted by atomic mass is 10.1. The first-order valence-electron chi connectivity index (χ1n) is 9.63. The van der Waals surface area contributed by atoms with Crippen LogP contribution in [-0.4, -0.2) is 32.3 Å². The van der Waals surface area contributed by atoms with E-state index < -0.39 is 5.97 Å². The summed E-state index contributed by atoms with van der Waals surface area (Å²) in [7, 11) is 3.09. The average molecular weight is 434 g/mol. The fourth-order valence-electron chi connectivity index (χ4n) is 2.70. The second kappa shape index (κ2) is 11.2. The van der Waals surface area contributed by atoms with E-state index in [-0.39, 0.29) is 12.3 Å². The molecule has 0 aliphatic carbocycles. The van der Waals surface area contributed by atoms with Gasteiger partial charge in [-0.3, -0.25) is 4.79 Å². The highest BCUT2D eigenvalue weighted by atomic mass is 16.5. The first-order valence-corrected chi connectivity index (χ1v) is 9.63. The molecule has 1 aromatic heterocycles. The summed E-state index contributed by atoms with van der Waals surface area (Å²) in [6, 6.07) is 15.4. The van der Waals surface area contributed by atoms with Crippen LogP contribution in [0.4, 0.5) is 0 Å². The van der Waals surface area contributed by atoms with E-state index in [4.69, 9.17) is 18.6 Å². The van der Waals surface area contributed by atoms with Crippen LogP contribution in [0.5, 0.6) is 17.2 Å². The molecule has 3 aromatic rings. The molecule has 0 radical (unpaired) electrons. The molecule has 0 unspecified atom stereocenters. The minimum Gasteiger partial charge on any atom is -0.493 e. The summed E-state index contributed by atoms with van der Waals surface area (Å²) < 4.78 is 20.7. The Morgan fingerprint density at radius 3 is 2.50 bits per heavy atom. The molecule has 0 atom stereocenters. The van der Waals surface area contributed by atoms with E-state index >= 15 is 0 Å². The molecule has 1 amide bonds. The number of methoxy groups -OCH3 is 2. The summed E-state index contributed by atoms with van der Waals surface area (Å²) in [6.45, 7) is 0. The Hall–Kier alpha value is -4.33. The Morgan fingerprint density at radius 2 is 1.81 bits per heavy atom. The quantitative estimate of drug-likeness (QED) is 0.182. The van der Waals surface area contributed by atoms with Crippen LogP contribution in [-0.2, 0) is 16.0 Å². The first kappa shape index (κ1) is 22.4. The third-order valence-corrected chi connectivity index (χ3v) is 4.24. The van der Waals surface area contributed by atoms with E-state index in [1.54, 1.807) is 61.7 Å². The molecule has 0 spiro atoms. The number of ether oxygens (including phenoxy) is 3. The molecule has 32 heavy (non-hydrogen) atoms. The van der Waals surface area contributed by atoms with Gasteiger partial charge in [0.1, 0.15) is 11.5 Å². The van der Waals surface area contributed by atoms with E-state index in [0.717, 1.165) is 11.1 Å². The van der Waals surface area contributed by atoms with Crippen molar-refractivity contribution in [1.29, 1.82) is 0 Å². The molecule has 0 fully saturated rings. The number of nitrogens with one attached hydrogen (secondary N) is 1. The van der Waals surface area contributed by atoms with E-state index in [1.807, 2.05) is 0 Å². The van der Waals surface area contributed by atoms with Crippen LogP contribution in [0.1, 0.15) is 16.9 Å². The van der Waals surface area contributed by atoms with Gasteiger partial charge in [0.05, 0.1) is 33.1 Å². The molecule has 1 N–H and O–H groups in total. The van der Waals surface area contributed by atoms with Gasteiger partial charge >= 0.3 is 5.97 Å². The van der Waals surface area contributed by atoms with Gasteiger partial charge in [0.15, 0.2) is 11.5 Å². The Morgan fingerprint density at radius 1 is 1.03 bits per heavy atom. The van der Waals surface area contributed by atoms with Gasteiger partial charge in [-0.2, -0.15) is 5.10 Å². The van der Waals surface area contributed by atoms with Crippen molar-refractivity contribution in [3.05, 3.63) is 83.8 Å². The molecule has 0 bridgehead atoms. The zero-order valence-electron chi connectivity index (χ0n) is 17.6. The highest BCUT2D eigenvalue weighted by molar-refractivity contribution is 5.88.